The molecule has 3 aliphatic rings. The number of hydrogen-bond acceptors (Lipinski definition) is 5. The third-order valence-electron chi connectivity index (χ3n) is 6.83. The fourth-order valence-corrected chi connectivity index (χ4v) is 5.90. The minimum absolute atomic E-state index is 0.0557. The highest BCUT2D eigenvalue weighted by Gasteiger charge is 2.56. The number of fused-ring (bicyclic) bond motifs is 1. The molecule has 4 amide bonds. The smallest absolute Gasteiger partial charge is 0.325 e. The molecule has 1 spiro atoms. The first-order valence-corrected chi connectivity index (χ1v) is 11.8. The number of ether oxygens (including phenoxy) is 2. The molecule has 0 radical (unpaired) electrons. The Hall–Kier alpha value is -2.77. The zero-order valence-electron chi connectivity index (χ0n) is 20.2. The van der Waals surface area contributed by atoms with Crippen LogP contribution in [-0.2, 0) is 9.59 Å². The predicted octanol–water partition coefficient (Wildman–Crippen LogP) is 3.41. The number of carbonyl (C=O) groups excluding carboxylic acids is 3. The summed E-state index contributed by atoms with van der Waals surface area (Å²) in [6.07, 6.45) is 2.19. The summed E-state index contributed by atoms with van der Waals surface area (Å²) in [6, 6.07) is 4.86. The Morgan fingerprint density at radius 2 is 1.88 bits per heavy atom. The number of urea groups is 1. The molecule has 1 aromatic rings. The van der Waals surface area contributed by atoms with Crippen molar-refractivity contribution in [3.63, 3.8) is 0 Å². The summed E-state index contributed by atoms with van der Waals surface area (Å²) >= 11 is 0. The van der Waals surface area contributed by atoms with Gasteiger partial charge in [-0.3, -0.25) is 14.5 Å². The molecule has 1 saturated heterocycles. The van der Waals surface area contributed by atoms with E-state index in [0.717, 1.165) is 16.9 Å². The third kappa shape index (κ3) is 4.66. The first-order chi connectivity index (χ1) is 15.5. The normalized spacial score (nSPS) is 27.0. The molecule has 8 nitrogen and oxygen atoms in total. The number of hydrogen-bond donors (Lipinski definition) is 2. The monoisotopic (exact) mass is 457 g/mol. The molecule has 0 unspecified atom stereocenters. The van der Waals surface area contributed by atoms with Gasteiger partial charge in [-0.1, -0.05) is 40.7 Å². The second-order valence-corrected chi connectivity index (χ2v) is 11.0. The quantitative estimate of drug-likeness (QED) is 0.661. The van der Waals surface area contributed by atoms with Gasteiger partial charge in [0.15, 0.2) is 11.5 Å². The van der Waals surface area contributed by atoms with Crippen LogP contribution in [0.25, 0.3) is 0 Å². The van der Waals surface area contributed by atoms with Gasteiger partial charge in [0.25, 0.3) is 5.91 Å². The lowest BCUT2D eigenvalue weighted by Crippen LogP contribution is -2.54. The molecule has 4 rings (SSSR count). The maximum atomic E-state index is 13.3. The highest BCUT2D eigenvalue weighted by molar-refractivity contribution is 6.09. The molecule has 0 aromatic heterocycles. The van der Waals surface area contributed by atoms with E-state index in [0.29, 0.717) is 43.5 Å². The van der Waals surface area contributed by atoms with E-state index < -0.39 is 11.6 Å². The molecule has 2 fully saturated rings. The van der Waals surface area contributed by atoms with E-state index in [1.54, 1.807) is 0 Å². The van der Waals surface area contributed by atoms with Crippen molar-refractivity contribution in [3.05, 3.63) is 23.8 Å². The van der Waals surface area contributed by atoms with Crippen LogP contribution in [0.2, 0.25) is 0 Å². The van der Waals surface area contributed by atoms with Gasteiger partial charge in [0, 0.05) is 0 Å². The summed E-state index contributed by atoms with van der Waals surface area (Å²) in [5.41, 5.74) is -0.0785. The highest BCUT2D eigenvalue weighted by Crippen LogP contribution is 2.46. The number of carbonyl (C=O) groups is 3. The van der Waals surface area contributed by atoms with Crippen molar-refractivity contribution in [2.24, 2.45) is 17.3 Å². The van der Waals surface area contributed by atoms with Crippen LogP contribution in [0.5, 0.6) is 11.5 Å². The summed E-state index contributed by atoms with van der Waals surface area (Å²) in [6.45, 7) is 11.1. The second-order valence-electron chi connectivity index (χ2n) is 11.0. The zero-order valence-corrected chi connectivity index (χ0v) is 20.2. The van der Waals surface area contributed by atoms with Crippen LogP contribution in [-0.4, -0.2) is 48.0 Å². The first-order valence-electron chi connectivity index (χ1n) is 11.8. The van der Waals surface area contributed by atoms with Crippen molar-refractivity contribution in [2.75, 3.05) is 19.8 Å². The van der Waals surface area contributed by atoms with Gasteiger partial charge < -0.3 is 20.1 Å². The summed E-state index contributed by atoms with van der Waals surface area (Å²) < 4.78 is 11.3. The van der Waals surface area contributed by atoms with Crippen LogP contribution in [0.15, 0.2) is 18.2 Å². The number of nitrogens with one attached hydrogen (secondary N) is 2. The van der Waals surface area contributed by atoms with Crippen LogP contribution in [0, 0.1) is 17.3 Å². The lowest BCUT2D eigenvalue weighted by molar-refractivity contribution is -0.137. The van der Waals surface area contributed by atoms with E-state index in [1.165, 1.54) is 0 Å². The van der Waals surface area contributed by atoms with Crippen LogP contribution in [0.3, 0.4) is 0 Å². The largest absolute Gasteiger partial charge is 0.486 e. The molecule has 33 heavy (non-hydrogen) atoms. The lowest BCUT2D eigenvalue weighted by Gasteiger charge is -2.43. The molecule has 2 N–H and O–H groups in total. The molecule has 180 valence electrons. The maximum absolute atomic E-state index is 13.3. The van der Waals surface area contributed by atoms with Crippen LogP contribution in [0.4, 0.5) is 4.79 Å². The number of amides is 4. The van der Waals surface area contributed by atoms with E-state index in [4.69, 9.17) is 9.47 Å². The summed E-state index contributed by atoms with van der Waals surface area (Å²) in [5.74, 6) is 1.09. The number of rotatable bonds is 5. The number of benzene rings is 1. The molecular formula is C25H35N3O5. The van der Waals surface area contributed by atoms with E-state index in [2.05, 4.69) is 31.4 Å². The van der Waals surface area contributed by atoms with E-state index in [-0.39, 0.29) is 35.7 Å². The SMILES string of the molecule is CC(C)[C@H](NC(=O)CN1C(=O)N[C@@]2(C[C@H](C)CC(C)(C)C2)C1=O)c1ccc2c(c1)OCCO2. The van der Waals surface area contributed by atoms with Gasteiger partial charge in [0.05, 0.1) is 6.04 Å². The van der Waals surface area contributed by atoms with Gasteiger partial charge in [-0.15, -0.1) is 0 Å². The molecule has 3 atom stereocenters. The molecule has 1 saturated carbocycles. The van der Waals surface area contributed by atoms with E-state index >= 15 is 0 Å². The summed E-state index contributed by atoms with van der Waals surface area (Å²) in [7, 11) is 0. The molecule has 8 heteroatoms. The summed E-state index contributed by atoms with van der Waals surface area (Å²) in [4.78, 5) is 40.2. The minimum atomic E-state index is -0.911. The zero-order chi connectivity index (χ0) is 24.0. The molecule has 1 aliphatic carbocycles. The van der Waals surface area contributed by atoms with Crippen LogP contribution in [0.1, 0.15) is 65.5 Å². The lowest BCUT2D eigenvalue weighted by atomic mass is 9.64. The average Bonchev–Trinajstić information content (AvgIpc) is 2.93. The molecule has 0 bridgehead atoms. The molecule has 1 aromatic carbocycles. The van der Waals surface area contributed by atoms with Crippen molar-refractivity contribution in [1.29, 1.82) is 0 Å². The Bertz CT molecular complexity index is 959. The second kappa shape index (κ2) is 8.54. The van der Waals surface area contributed by atoms with Crippen LogP contribution >= 0.6 is 0 Å². The molecular weight excluding hydrogens is 422 g/mol. The van der Waals surface area contributed by atoms with Crippen molar-refractivity contribution in [3.8, 4) is 11.5 Å². The van der Waals surface area contributed by atoms with Crippen molar-refractivity contribution >= 4 is 17.8 Å². The number of imide groups is 1. The molecule has 2 aliphatic heterocycles. The van der Waals surface area contributed by atoms with Gasteiger partial charge >= 0.3 is 6.03 Å². The fourth-order valence-electron chi connectivity index (χ4n) is 5.90. The maximum Gasteiger partial charge on any atom is 0.325 e. The summed E-state index contributed by atoms with van der Waals surface area (Å²) in [5, 5.41) is 5.94. The topological polar surface area (TPSA) is 97.0 Å². The van der Waals surface area contributed by atoms with Gasteiger partial charge in [-0.25, -0.2) is 4.79 Å². The van der Waals surface area contributed by atoms with Gasteiger partial charge in [-0.05, 0) is 54.2 Å². The van der Waals surface area contributed by atoms with Crippen molar-refractivity contribution in [1.82, 2.24) is 15.5 Å². The Labute approximate surface area is 195 Å². The van der Waals surface area contributed by atoms with Gasteiger partial charge in [-0.2, -0.15) is 0 Å². The predicted molar refractivity (Wildman–Crippen MR) is 123 cm³/mol. The van der Waals surface area contributed by atoms with Crippen molar-refractivity contribution in [2.45, 2.75) is 65.5 Å². The molecule has 2 heterocycles. The van der Waals surface area contributed by atoms with Crippen molar-refractivity contribution < 1.29 is 23.9 Å². The third-order valence-corrected chi connectivity index (χ3v) is 6.83. The highest BCUT2D eigenvalue weighted by atomic mass is 16.6. The Morgan fingerprint density at radius 3 is 2.55 bits per heavy atom. The Morgan fingerprint density at radius 1 is 1.18 bits per heavy atom. The van der Waals surface area contributed by atoms with Crippen LogP contribution < -0.4 is 20.1 Å². The fraction of sp³-hybridized carbons (Fsp3) is 0.640. The van der Waals surface area contributed by atoms with Gasteiger partial charge in [0.2, 0.25) is 5.91 Å². The first kappa shape index (κ1) is 23.4. The Kier molecular flexibility index (Phi) is 6.05. The standard InChI is InChI=1S/C25H35N3O5/c1-15(2)21(17-6-7-18-19(10-17)33-9-8-32-18)26-20(29)13-28-22(30)25(27-23(28)31)12-16(3)11-24(4,5)14-25/h6-7,10,15-16,21H,8-9,11-14H2,1-5H3,(H,26,29)(H,27,31)/t16-,21+,25-/m1/s1. The van der Waals surface area contributed by atoms with E-state index in [9.17, 15) is 14.4 Å². The van der Waals surface area contributed by atoms with E-state index in [1.807, 2.05) is 32.0 Å². The number of nitrogens with zero attached hydrogens (tertiary/aromatic N) is 1. The minimum Gasteiger partial charge on any atom is -0.486 e. The average molecular weight is 458 g/mol. The Balaban J connectivity index is 1.47. The van der Waals surface area contributed by atoms with Gasteiger partial charge in [0.1, 0.15) is 25.3 Å².